The Balaban J connectivity index is 1.41. The van der Waals surface area contributed by atoms with Gasteiger partial charge in [0.2, 0.25) is 5.91 Å². The van der Waals surface area contributed by atoms with E-state index >= 15 is 0 Å². The molecule has 0 heterocycles. The summed E-state index contributed by atoms with van der Waals surface area (Å²) in [5, 5.41) is 3.23. The van der Waals surface area contributed by atoms with E-state index in [-0.39, 0.29) is 12.0 Å². The second-order valence-electron chi connectivity index (χ2n) is 7.24. The van der Waals surface area contributed by atoms with Crippen molar-refractivity contribution in [2.75, 3.05) is 6.61 Å². The fourth-order valence-electron chi connectivity index (χ4n) is 3.96. The van der Waals surface area contributed by atoms with Crippen molar-refractivity contribution in [1.29, 1.82) is 0 Å². The molecule has 0 aromatic rings. The highest BCUT2D eigenvalue weighted by Gasteiger charge is 2.33. The molecule has 0 aromatic carbocycles. The standard InChI is InChI=1S/C17H29NO2/c1-12(20-11-13-6-7-13)17(19)18-16-9-8-14-4-2-3-5-15(14)10-16/h12-16H,2-11H2,1H3,(H,18,19)/t12-,14+,15-,16+/m0/s1. The summed E-state index contributed by atoms with van der Waals surface area (Å²) < 4.78 is 5.66. The molecule has 3 saturated carbocycles. The van der Waals surface area contributed by atoms with E-state index in [1.54, 1.807) is 0 Å². The first-order chi connectivity index (χ1) is 9.72. The summed E-state index contributed by atoms with van der Waals surface area (Å²) in [5.41, 5.74) is 0. The third-order valence-corrected chi connectivity index (χ3v) is 5.53. The number of amides is 1. The van der Waals surface area contributed by atoms with Crippen molar-refractivity contribution in [2.24, 2.45) is 17.8 Å². The lowest BCUT2D eigenvalue weighted by Gasteiger charge is -2.39. The predicted molar refractivity (Wildman–Crippen MR) is 79.4 cm³/mol. The predicted octanol–water partition coefficient (Wildman–Crippen LogP) is 3.28. The van der Waals surface area contributed by atoms with E-state index in [9.17, 15) is 4.79 Å². The van der Waals surface area contributed by atoms with E-state index < -0.39 is 0 Å². The van der Waals surface area contributed by atoms with E-state index in [1.165, 1.54) is 57.8 Å². The second kappa shape index (κ2) is 6.46. The number of rotatable bonds is 5. The summed E-state index contributed by atoms with van der Waals surface area (Å²) in [6.07, 6.45) is 11.6. The average Bonchev–Trinajstić information content (AvgIpc) is 3.28. The van der Waals surface area contributed by atoms with Gasteiger partial charge in [0.15, 0.2) is 0 Å². The zero-order valence-corrected chi connectivity index (χ0v) is 12.8. The maximum atomic E-state index is 12.2. The van der Waals surface area contributed by atoms with Gasteiger partial charge in [-0.15, -0.1) is 0 Å². The highest BCUT2D eigenvalue weighted by Crippen LogP contribution is 2.40. The number of fused-ring (bicyclic) bond motifs is 1. The largest absolute Gasteiger partial charge is 0.368 e. The van der Waals surface area contributed by atoms with Crippen LogP contribution in [-0.4, -0.2) is 24.7 Å². The Bertz CT molecular complexity index is 340. The van der Waals surface area contributed by atoms with Gasteiger partial charge >= 0.3 is 0 Å². The quantitative estimate of drug-likeness (QED) is 0.838. The molecule has 20 heavy (non-hydrogen) atoms. The van der Waals surface area contributed by atoms with Crippen LogP contribution in [0.1, 0.15) is 64.7 Å². The zero-order valence-electron chi connectivity index (χ0n) is 12.8. The SMILES string of the molecule is C[C@H](OCC1CC1)C(=O)N[C@@H]1CC[C@H]2CCCC[C@H]2C1. The Hall–Kier alpha value is -0.570. The minimum Gasteiger partial charge on any atom is -0.368 e. The van der Waals surface area contributed by atoms with E-state index in [4.69, 9.17) is 4.74 Å². The maximum absolute atomic E-state index is 12.2. The van der Waals surface area contributed by atoms with Crippen molar-refractivity contribution in [2.45, 2.75) is 76.9 Å². The molecule has 0 saturated heterocycles. The Kier molecular flexibility index (Phi) is 4.65. The molecule has 0 aromatic heterocycles. The summed E-state index contributed by atoms with van der Waals surface area (Å²) in [4.78, 5) is 12.2. The maximum Gasteiger partial charge on any atom is 0.249 e. The topological polar surface area (TPSA) is 38.3 Å². The number of carbonyl (C=O) groups is 1. The van der Waals surface area contributed by atoms with Crippen LogP contribution in [0.3, 0.4) is 0 Å². The number of ether oxygens (including phenoxy) is 1. The molecule has 3 aliphatic carbocycles. The highest BCUT2D eigenvalue weighted by atomic mass is 16.5. The summed E-state index contributed by atoms with van der Waals surface area (Å²) in [5.74, 6) is 2.64. The van der Waals surface area contributed by atoms with E-state index in [0.717, 1.165) is 24.4 Å². The lowest BCUT2D eigenvalue weighted by molar-refractivity contribution is -0.133. The number of hydrogen-bond acceptors (Lipinski definition) is 2. The van der Waals surface area contributed by atoms with Crippen LogP contribution in [0.4, 0.5) is 0 Å². The molecule has 1 amide bonds. The van der Waals surface area contributed by atoms with Crippen LogP contribution in [-0.2, 0) is 9.53 Å². The van der Waals surface area contributed by atoms with Crippen molar-refractivity contribution in [1.82, 2.24) is 5.32 Å². The number of carbonyl (C=O) groups excluding carboxylic acids is 1. The molecule has 4 atom stereocenters. The lowest BCUT2D eigenvalue weighted by Crippen LogP contribution is -2.45. The normalized spacial score (nSPS) is 35.1. The first kappa shape index (κ1) is 14.4. The van der Waals surface area contributed by atoms with Gasteiger partial charge in [0.05, 0.1) is 6.61 Å². The van der Waals surface area contributed by atoms with Gasteiger partial charge in [-0.05, 0) is 56.8 Å². The molecule has 1 N–H and O–H groups in total. The van der Waals surface area contributed by atoms with Gasteiger partial charge in [-0.2, -0.15) is 0 Å². The van der Waals surface area contributed by atoms with Crippen LogP contribution in [0.25, 0.3) is 0 Å². The van der Waals surface area contributed by atoms with Gasteiger partial charge in [0.1, 0.15) is 6.10 Å². The monoisotopic (exact) mass is 279 g/mol. The minimum absolute atomic E-state index is 0.102. The van der Waals surface area contributed by atoms with Crippen LogP contribution in [0, 0.1) is 17.8 Å². The Labute approximate surface area is 122 Å². The van der Waals surface area contributed by atoms with Crippen LogP contribution >= 0.6 is 0 Å². The third-order valence-electron chi connectivity index (χ3n) is 5.53. The smallest absolute Gasteiger partial charge is 0.249 e. The number of nitrogens with one attached hydrogen (secondary N) is 1. The van der Waals surface area contributed by atoms with Crippen LogP contribution in [0.15, 0.2) is 0 Å². The lowest BCUT2D eigenvalue weighted by atomic mass is 9.69. The van der Waals surface area contributed by atoms with Crippen LogP contribution < -0.4 is 5.32 Å². The van der Waals surface area contributed by atoms with Crippen molar-refractivity contribution in [3.05, 3.63) is 0 Å². The fraction of sp³-hybridized carbons (Fsp3) is 0.941. The minimum atomic E-state index is -0.278. The molecule has 0 aliphatic heterocycles. The van der Waals surface area contributed by atoms with E-state index in [0.29, 0.717) is 6.04 Å². The third kappa shape index (κ3) is 3.75. The summed E-state index contributed by atoms with van der Waals surface area (Å²) >= 11 is 0. The molecule has 0 spiro atoms. The Morgan fingerprint density at radius 3 is 2.60 bits per heavy atom. The molecule has 114 valence electrons. The van der Waals surface area contributed by atoms with Gasteiger partial charge in [0.25, 0.3) is 0 Å². The van der Waals surface area contributed by atoms with E-state index in [1.807, 2.05) is 6.92 Å². The molecule has 0 bridgehead atoms. The van der Waals surface area contributed by atoms with Crippen molar-refractivity contribution >= 4 is 5.91 Å². The summed E-state index contributed by atoms with van der Waals surface area (Å²) in [6, 6.07) is 0.397. The molecule has 0 radical (unpaired) electrons. The molecule has 3 fully saturated rings. The van der Waals surface area contributed by atoms with Crippen molar-refractivity contribution in [3.63, 3.8) is 0 Å². The zero-order chi connectivity index (χ0) is 13.9. The van der Waals surface area contributed by atoms with Gasteiger partial charge in [-0.1, -0.05) is 25.7 Å². The second-order valence-corrected chi connectivity index (χ2v) is 7.24. The van der Waals surface area contributed by atoms with Crippen molar-refractivity contribution < 1.29 is 9.53 Å². The fourth-order valence-corrected chi connectivity index (χ4v) is 3.96. The molecular formula is C17H29NO2. The number of hydrogen-bond donors (Lipinski definition) is 1. The molecule has 3 heteroatoms. The first-order valence-electron chi connectivity index (χ1n) is 8.64. The van der Waals surface area contributed by atoms with Crippen LogP contribution in [0.2, 0.25) is 0 Å². The first-order valence-corrected chi connectivity index (χ1v) is 8.64. The summed E-state index contributed by atoms with van der Waals surface area (Å²) in [6.45, 7) is 2.66. The van der Waals surface area contributed by atoms with Crippen LogP contribution in [0.5, 0.6) is 0 Å². The van der Waals surface area contributed by atoms with E-state index in [2.05, 4.69) is 5.32 Å². The highest BCUT2D eigenvalue weighted by molar-refractivity contribution is 5.80. The molecule has 3 rings (SSSR count). The van der Waals surface area contributed by atoms with Gasteiger partial charge in [0, 0.05) is 6.04 Å². The molecule has 3 aliphatic rings. The average molecular weight is 279 g/mol. The summed E-state index contributed by atoms with van der Waals surface area (Å²) in [7, 11) is 0. The van der Waals surface area contributed by atoms with Gasteiger partial charge in [-0.25, -0.2) is 0 Å². The Morgan fingerprint density at radius 2 is 1.85 bits per heavy atom. The Morgan fingerprint density at radius 1 is 1.10 bits per heavy atom. The van der Waals surface area contributed by atoms with Gasteiger partial charge < -0.3 is 10.1 Å². The molecular weight excluding hydrogens is 250 g/mol. The molecule has 3 nitrogen and oxygen atoms in total. The van der Waals surface area contributed by atoms with Gasteiger partial charge in [-0.3, -0.25) is 4.79 Å². The van der Waals surface area contributed by atoms with Crippen molar-refractivity contribution in [3.8, 4) is 0 Å². The molecule has 0 unspecified atom stereocenters.